The molecule has 1 N–H and O–H groups in total. The minimum Gasteiger partial charge on any atom is -0.372 e. The van der Waals surface area contributed by atoms with Crippen LogP contribution in [0.1, 0.15) is 0 Å². The van der Waals surface area contributed by atoms with Crippen molar-refractivity contribution in [2.24, 2.45) is 0 Å². The highest BCUT2D eigenvalue weighted by Crippen LogP contribution is 2.22. The molecule has 0 aliphatic carbocycles. The lowest BCUT2D eigenvalue weighted by Crippen LogP contribution is -1.99. The lowest BCUT2D eigenvalue weighted by atomic mass is 10.2. The van der Waals surface area contributed by atoms with E-state index in [1.807, 2.05) is 37.5 Å². The number of hydrogen-bond donors (Lipinski definition) is 1. The number of rotatable bonds is 2. The van der Waals surface area contributed by atoms with Gasteiger partial charge in [0.2, 0.25) is 0 Å². The van der Waals surface area contributed by atoms with Crippen molar-refractivity contribution in [3.05, 3.63) is 38.5 Å². The van der Waals surface area contributed by atoms with Gasteiger partial charge in [-0.3, -0.25) is 0 Å². The van der Waals surface area contributed by atoms with Crippen LogP contribution in [-0.2, 0) is 0 Å². The van der Waals surface area contributed by atoms with E-state index in [4.69, 9.17) is 0 Å². The van der Waals surface area contributed by atoms with Crippen LogP contribution in [0.25, 0.3) is 11.4 Å². The van der Waals surface area contributed by atoms with Crippen LogP contribution in [0.15, 0.2) is 34.9 Å². The van der Waals surface area contributed by atoms with Crippen molar-refractivity contribution in [2.45, 2.75) is 0 Å². The molecule has 16 heavy (non-hydrogen) atoms. The van der Waals surface area contributed by atoms with Crippen molar-refractivity contribution in [1.82, 2.24) is 9.97 Å². The van der Waals surface area contributed by atoms with Crippen LogP contribution in [0.3, 0.4) is 0 Å². The molecule has 5 heteroatoms. The van der Waals surface area contributed by atoms with Gasteiger partial charge in [0, 0.05) is 23.3 Å². The summed E-state index contributed by atoms with van der Waals surface area (Å²) in [5.74, 6) is 1.58. The number of aromatic nitrogens is 2. The highest BCUT2D eigenvalue weighted by molar-refractivity contribution is 14.1. The standard InChI is InChI=1S/C11H9BrIN3/c1-14-11-9(13)6-15-10(16-11)7-3-2-4-8(12)5-7/h2-6H,1H3,(H,14,15,16). The van der Waals surface area contributed by atoms with E-state index in [1.54, 1.807) is 0 Å². The Kier molecular flexibility index (Phi) is 3.75. The summed E-state index contributed by atoms with van der Waals surface area (Å²) < 4.78 is 2.04. The van der Waals surface area contributed by atoms with Gasteiger partial charge in [0.05, 0.1) is 3.57 Å². The van der Waals surface area contributed by atoms with E-state index in [-0.39, 0.29) is 0 Å². The Morgan fingerprint density at radius 2 is 2.19 bits per heavy atom. The summed E-state index contributed by atoms with van der Waals surface area (Å²) in [6.45, 7) is 0. The molecule has 1 heterocycles. The molecule has 2 rings (SSSR count). The van der Waals surface area contributed by atoms with Crippen LogP contribution in [0.5, 0.6) is 0 Å². The average molecular weight is 390 g/mol. The third-order valence-corrected chi connectivity index (χ3v) is 3.35. The number of anilines is 1. The summed E-state index contributed by atoms with van der Waals surface area (Å²) in [5.41, 5.74) is 1.00. The lowest BCUT2D eigenvalue weighted by Gasteiger charge is -2.05. The number of benzene rings is 1. The summed E-state index contributed by atoms with van der Waals surface area (Å²) >= 11 is 5.64. The zero-order chi connectivity index (χ0) is 11.5. The van der Waals surface area contributed by atoms with E-state index < -0.39 is 0 Å². The third kappa shape index (κ3) is 2.52. The molecule has 0 saturated heterocycles. The van der Waals surface area contributed by atoms with Gasteiger partial charge in [-0.15, -0.1) is 0 Å². The van der Waals surface area contributed by atoms with E-state index in [0.717, 1.165) is 25.2 Å². The fraction of sp³-hybridized carbons (Fsp3) is 0.0909. The Morgan fingerprint density at radius 3 is 2.88 bits per heavy atom. The first-order chi connectivity index (χ1) is 7.70. The monoisotopic (exact) mass is 389 g/mol. The molecule has 0 saturated carbocycles. The van der Waals surface area contributed by atoms with Gasteiger partial charge >= 0.3 is 0 Å². The van der Waals surface area contributed by atoms with E-state index >= 15 is 0 Å². The lowest BCUT2D eigenvalue weighted by molar-refractivity contribution is 1.15. The highest BCUT2D eigenvalue weighted by atomic mass is 127. The van der Waals surface area contributed by atoms with Crippen LogP contribution in [0, 0.1) is 3.57 Å². The van der Waals surface area contributed by atoms with Gasteiger partial charge in [0.15, 0.2) is 5.82 Å². The number of nitrogens with one attached hydrogen (secondary N) is 1. The molecule has 3 nitrogen and oxygen atoms in total. The second-order valence-corrected chi connectivity index (χ2v) is 5.23. The minimum absolute atomic E-state index is 0.728. The van der Waals surface area contributed by atoms with Gasteiger partial charge in [0.25, 0.3) is 0 Å². The Morgan fingerprint density at radius 1 is 1.38 bits per heavy atom. The molecule has 0 atom stereocenters. The molecule has 0 bridgehead atoms. The summed E-state index contributed by atoms with van der Waals surface area (Å²) in [5, 5.41) is 3.05. The molecule has 0 radical (unpaired) electrons. The third-order valence-electron chi connectivity index (χ3n) is 2.06. The molecule has 2 aromatic rings. The maximum absolute atomic E-state index is 4.45. The fourth-order valence-electron chi connectivity index (χ4n) is 1.31. The van der Waals surface area contributed by atoms with Gasteiger partial charge in [-0.1, -0.05) is 28.1 Å². The zero-order valence-electron chi connectivity index (χ0n) is 8.54. The van der Waals surface area contributed by atoms with Crippen LogP contribution in [-0.4, -0.2) is 17.0 Å². The number of nitrogens with zero attached hydrogens (tertiary/aromatic N) is 2. The molecule has 0 fully saturated rings. The summed E-state index contributed by atoms with van der Waals surface area (Å²) in [6.07, 6.45) is 1.82. The van der Waals surface area contributed by atoms with E-state index in [9.17, 15) is 0 Å². The first-order valence-electron chi connectivity index (χ1n) is 4.67. The smallest absolute Gasteiger partial charge is 0.161 e. The Labute approximate surface area is 116 Å². The number of hydrogen-bond acceptors (Lipinski definition) is 3. The first-order valence-corrected chi connectivity index (χ1v) is 6.54. The largest absolute Gasteiger partial charge is 0.372 e. The highest BCUT2D eigenvalue weighted by Gasteiger charge is 2.05. The van der Waals surface area contributed by atoms with Gasteiger partial charge in [-0.25, -0.2) is 9.97 Å². The van der Waals surface area contributed by atoms with Crippen LogP contribution in [0.2, 0.25) is 0 Å². The van der Waals surface area contributed by atoms with Crippen molar-refractivity contribution in [2.75, 3.05) is 12.4 Å². The molecule has 0 amide bonds. The zero-order valence-corrected chi connectivity index (χ0v) is 12.3. The van der Waals surface area contributed by atoms with Crippen molar-refractivity contribution in [3.8, 4) is 11.4 Å². The molecule has 0 spiro atoms. The Bertz CT molecular complexity index is 516. The molecule has 1 aromatic carbocycles. The van der Waals surface area contributed by atoms with Crippen molar-refractivity contribution in [1.29, 1.82) is 0 Å². The summed E-state index contributed by atoms with van der Waals surface area (Å²) in [6, 6.07) is 7.95. The quantitative estimate of drug-likeness (QED) is 0.798. The van der Waals surface area contributed by atoms with Crippen LogP contribution >= 0.6 is 38.5 Å². The average Bonchev–Trinajstić information content (AvgIpc) is 2.29. The Hall–Kier alpha value is -0.690. The molecule has 82 valence electrons. The van der Waals surface area contributed by atoms with E-state index in [0.29, 0.717) is 0 Å². The Balaban J connectivity index is 2.48. The van der Waals surface area contributed by atoms with Gasteiger partial charge in [0.1, 0.15) is 5.82 Å². The molecular formula is C11H9BrIN3. The predicted molar refractivity (Wildman–Crippen MR) is 77.4 cm³/mol. The van der Waals surface area contributed by atoms with E-state index in [1.165, 1.54) is 0 Å². The first kappa shape index (κ1) is 11.8. The molecule has 1 aromatic heterocycles. The maximum Gasteiger partial charge on any atom is 0.161 e. The van der Waals surface area contributed by atoms with E-state index in [2.05, 4.69) is 53.8 Å². The van der Waals surface area contributed by atoms with Crippen molar-refractivity contribution in [3.63, 3.8) is 0 Å². The summed E-state index contributed by atoms with van der Waals surface area (Å²) in [7, 11) is 1.86. The van der Waals surface area contributed by atoms with Gasteiger partial charge in [-0.2, -0.15) is 0 Å². The second kappa shape index (κ2) is 5.09. The van der Waals surface area contributed by atoms with Gasteiger partial charge < -0.3 is 5.32 Å². The molecule has 0 aliphatic heterocycles. The molecular weight excluding hydrogens is 381 g/mol. The SMILES string of the molecule is CNc1nc(-c2cccc(Br)c2)ncc1I. The molecule has 0 aliphatic rings. The normalized spacial score (nSPS) is 10.2. The van der Waals surface area contributed by atoms with Crippen molar-refractivity contribution >= 4 is 44.3 Å². The van der Waals surface area contributed by atoms with Crippen molar-refractivity contribution < 1.29 is 0 Å². The van der Waals surface area contributed by atoms with Gasteiger partial charge in [-0.05, 0) is 34.7 Å². The predicted octanol–water partition coefficient (Wildman–Crippen LogP) is 3.55. The number of halogens is 2. The van der Waals surface area contributed by atoms with Crippen LogP contribution in [0.4, 0.5) is 5.82 Å². The fourth-order valence-corrected chi connectivity index (χ4v) is 2.24. The molecule has 0 unspecified atom stereocenters. The second-order valence-electron chi connectivity index (χ2n) is 3.15. The topological polar surface area (TPSA) is 37.8 Å². The van der Waals surface area contributed by atoms with Crippen LogP contribution < -0.4 is 5.32 Å². The minimum atomic E-state index is 0.728. The maximum atomic E-state index is 4.45. The summed E-state index contributed by atoms with van der Waals surface area (Å²) in [4.78, 5) is 8.77.